The number of nitrogens with zero attached hydrogens (tertiary/aromatic N) is 1. The van der Waals surface area contributed by atoms with Crippen LogP contribution in [0.1, 0.15) is 21.5 Å². The van der Waals surface area contributed by atoms with Gasteiger partial charge in [-0.3, -0.25) is 4.79 Å². The average molecular weight is 404 g/mol. The van der Waals surface area contributed by atoms with Gasteiger partial charge in [0.15, 0.2) is 0 Å². The molecule has 0 spiro atoms. The third kappa shape index (κ3) is 4.19. The predicted molar refractivity (Wildman–Crippen MR) is 106 cm³/mol. The third-order valence-electron chi connectivity index (χ3n) is 4.74. The molecule has 1 aliphatic rings. The molecule has 1 amide bonds. The summed E-state index contributed by atoms with van der Waals surface area (Å²) in [5, 5.41) is 2.81. The van der Waals surface area contributed by atoms with Crippen molar-refractivity contribution in [3.8, 4) is 5.75 Å². The highest BCUT2D eigenvalue weighted by molar-refractivity contribution is 7.89. The number of morpholine rings is 1. The molecule has 0 aliphatic carbocycles. The first-order chi connectivity index (χ1) is 13.3. The summed E-state index contributed by atoms with van der Waals surface area (Å²) in [4.78, 5) is 12.8. The van der Waals surface area contributed by atoms with E-state index in [1.165, 1.54) is 10.4 Å². The molecular weight excluding hydrogens is 380 g/mol. The highest BCUT2D eigenvalue weighted by Crippen LogP contribution is 2.25. The van der Waals surface area contributed by atoms with E-state index in [9.17, 15) is 13.2 Å². The molecule has 0 bridgehead atoms. The maximum absolute atomic E-state index is 12.9. The summed E-state index contributed by atoms with van der Waals surface area (Å²) < 4.78 is 37.6. The Morgan fingerprint density at radius 1 is 1.07 bits per heavy atom. The molecule has 1 fully saturated rings. The number of rotatable bonds is 5. The van der Waals surface area contributed by atoms with Crippen LogP contribution >= 0.6 is 0 Å². The lowest BCUT2D eigenvalue weighted by atomic mass is 10.1. The fourth-order valence-electron chi connectivity index (χ4n) is 2.99. The standard InChI is InChI=1S/C20H24N2O5S/c1-14-5-7-17(28(24,25)22-8-10-27-11-9-22)13-18(14)21-20(23)16-6-4-15(2)19(12-16)26-3/h4-7,12-13H,8-11H2,1-3H3,(H,21,23). The van der Waals surface area contributed by atoms with E-state index in [-0.39, 0.29) is 10.8 Å². The van der Waals surface area contributed by atoms with E-state index >= 15 is 0 Å². The van der Waals surface area contributed by atoms with Crippen LogP contribution in [0.3, 0.4) is 0 Å². The summed E-state index contributed by atoms with van der Waals surface area (Å²) in [5.41, 5.74) is 2.59. The van der Waals surface area contributed by atoms with Gasteiger partial charge in [0, 0.05) is 24.3 Å². The summed E-state index contributed by atoms with van der Waals surface area (Å²) in [5.74, 6) is 0.287. The van der Waals surface area contributed by atoms with Crippen molar-refractivity contribution in [2.45, 2.75) is 18.7 Å². The maximum Gasteiger partial charge on any atom is 0.255 e. The zero-order chi connectivity index (χ0) is 20.3. The van der Waals surface area contributed by atoms with Crippen LogP contribution < -0.4 is 10.1 Å². The van der Waals surface area contributed by atoms with E-state index in [2.05, 4.69) is 5.32 Å². The minimum absolute atomic E-state index is 0.150. The van der Waals surface area contributed by atoms with Crippen molar-refractivity contribution in [2.75, 3.05) is 38.7 Å². The highest BCUT2D eigenvalue weighted by Gasteiger charge is 2.27. The fraction of sp³-hybridized carbons (Fsp3) is 0.350. The molecule has 1 heterocycles. The maximum atomic E-state index is 12.9. The van der Waals surface area contributed by atoms with Crippen LogP contribution in [-0.2, 0) is 14.8 Å². The van der Waals surface area contributed by atoms with Crippen molar-refractivity contribution >= 4 is 21.6 Å². The van der Waals surface area contributed by atoms with Crippen LogP contribution in [0.4, 0.5) is 5.69 Å². The minimum Gasteiger partial charge on any atom is -0.496 e. The molecule has 0 radical (unpaired) electrons. The van der Waals surface area contributed by atoms with Gasteiger partial charge in [0.05, 0.1) is 25.2 Å². The number of hydrogen-bond donors (Lipinski definition) is 1. The lowest BCUT2D eigenvalue weighted by Crippen LogP contribution is -2.40. The number of ether oxygens (including phenoxy) is 2. The molecule has 8 heteroatoms. The number of carbonyl (C=O) groups excluding carboxylic acids is 1. The van der Waals surface area contributed by atoms with E-state index < -0.39 is 10.0 Å². The van der Waals surface area contributed by atoms with Crippen LogP contribution in [0.15, 0.2) is 41.3 Å². The van der Waals surface area contributed by atoms with E-state index in [1.54, 1.807) is 37.4 Å². The molecule has 1 aliphatic heterocycles. The second-order valence-electron chi connectivity index (χ2n) is 6.63. The lowest BCUT2D eigenvalue weighted by Gasteiger charge is -2.26. The molecule has 28 heavy (non-hydrogen) atoms. The normalized spacial score (nSPS) is 15.2. The predicted octanol–water partition coefficient (Wildman–Crippen LogP) is 2.59. The van der Waals surface area contributed by atoms with Crippen molar-refractivity contribution in [1.29, 1.82) is 0 Å². The van der Waals surface area contributed by atoms with Gasteiger partial charge >= 0.3 is 0 Å². The highest BCUT2D eigenvalue weighted by atomic mass is 32.2. The lowest BCUT2D eigenvalue weighted by molar-refractivity contribution is 0.0730. The Kier molecular flexibility index (Phi) is 6.02. The summed E-state index contributed by atoms with van der Waals surface area (Å²) >= 11 is 0. The molecule has 0 saturated carbocycles. The molecular formula is C20H24N2O5S. The molecule has 0 unspecified atom stereocenters. The van der Waals surface area contributed by atoms with Crippen LogP contribution in [0.2, 0.25) is 0 Å². The Hall–Kier alpha value is -2.42. The molecule has 150 valence electrons. The SMILES string of the molecule is COc1cc(C(=O)Nc2cc(S(=O)(=O)N3CCOCC3)ccc2C)ccc1C. The minimum atomic E-state index is -3.64. The number of aryl methyl sites for hydroxylation is 2. The number of methoxy groups -OCH3 is 1. The summed E-state index contributed by atoms with van der Waals surface area (Å²) in [6.07, 6.45) is 0. The number of nitrogens with one attached hydrogen (secondary N) is 1. The van der Waals surface area contributed by atoms with E-state index in [1.807, 2.05) is 13.8 Å². The van der Waals surface area contributed by atoms with Gasteiger partial charge in [-0.05, 0) is 49.2 Å². The number of anilines is 1. The molecule has 1 saturated heterocycles. The number of benzene rings is 2. The largest absolute Gasteiger partial charge is 0.496 e. The Morgan fingerprint density at radius 3 is 2.43 bits per heavy atom. The van der Waals surface area contributed by atoms with Crippen LogP contribution in [0.25, 0.3) is 0 Å². The number of sulfonamides is 1. The zero-order valence-electron chi connectivity index (χ0n) is 16.2. The molecule has 7 nitrogen and oxygen atoms in total. The number of hydrogen-bond acceptors (Lipinski definition) is 5. The van der Waals surface area contributed by atoms with Gasteiger partial charge in [-0.25, -0.2) is 8.42 Å². The van der Waals surface area contributed by atoms with Crippen LogP contribution in [0.5, 0.6) is 5.75 Å². The molecule has 0 atom stereocenters. The van der Waals surface area contributed by atoms with Gasteiger partial charge < -0.3 is 14.8 Å². The van der Waals surface area contributed by atoms with Crippen molar-refractivity contribution in [1.82, 2.24) is 4.31 Å². The van der Waals surface area contributed by atoms with Gasteiger partial charge in [0.1, 0.15) is 5.75 Å². The van der Waals surface area contributed by atoms with E-state index in [4.69, 9.17) is 9.47 Å². The zero-order valence-corrected chi connectivity index (χ0v) is 17.0. The molecule has 3 rings (SSSR count). The second kappa shape index (κ2) is 8.30. The topological polar surface area (TPSA) is 84.9 Å². The van der Waals surface area contributed by atoms with Gasteiger partial charge in [-0.2, -0.15) is 4.31 Å². The first-order valence-corrected chi connectivity index (χ1v) is 10.4. The van der Waals surface area contributed by atoms with Crippen molar-refractivity contribution in [3.63, 3.8) is 0 Å². The smallest absolute Gasteiger partial charge is 0.255 e. The Balaban J connectivity index is 1.86. The Morgan fingerprint density at radius 2 is 1.75 bits per heavy atom. The van der Waals surface area contributed by atoms with Gasteiger partial charge in [0.25, 0.3) is 5.91 Å². The number of carbonyl (C=O) groups is 1. The Bertz CT molecular complexity index is 982. The quantitative estimate of drug-likeness (QED) is 0.828. The molecule has 0 aromatic heterocycles. The molecule has 1 N–H and O–H groups in total. The Labute approximate surface area is 165 Å². The summed E-state index contributed by atoms with van der Waals surface area (Å²) in [6.45, 7) is 5.11. The monoisotopic (exact) mass is 404 g/mol. The van der Waals surface area contributed by atoms with Crippen LogP contribution in [0, 0.1) is 13.8 Å². The average Bonchev–Trinajstić information content (AvgIpc) is 2.70. The van der Waals surface area contributed by atoms with Crippen LogP contribution in [-0.4, -0.2) is 52.0 Å². The van der Waals surface area contributed by atoms with Crippen molar-refractivity contribution in [2.24, 2.45) is 0 Å². The summed E-state index contributed by atoms with van der Waals surface area (Å²) in [7, 11) is -2.09. The summed E-state index contributed by atoms with van der Waals surface area (Å²) in [6, 6.07) is 9.93. The second-order valence-corrected chi connectivity index (χ2v) is 8.57. The first kappa shape index (κ1) is 20.3. The van der Waals surface area contributed by atoms with E-state index in [0.29, 0.717) is 43.3 Å². The van der Waals surface area contributed by atoms with E-state index in [0.717, 1.165) is 11.1 Å². The van der Waals surface area contributed by atoms with Crippen molar-refractivity contribution < 1.29 is 22.7 Å². The third-order valence-corrected chi connectivity index (χ3v) is 6.63. The molecule has 2 aromatic rings. The number of amides is 1. The van der Waals surface area contributed by atoms with Crippen molar-refractivity contribution in [3.05, 3.63) is 53.1 Å². The molecule has 2 aromatic carbocycles. The first-order valence-electron chi connectivity index (χ1n) is 8.97. The van der Waals surface area contributed by atoms with Gasteiger partial charge in [-0.15, -0.1) is 0 Å². The fourth-order valence-corrected chi connectivity index (χ4v) is 4.42. The van der Waals surface area contributed by atoms with Gasteiger partial charge in [0.2, 0.25) is 10.0 Å². The van der Waals surface area contributed by atoms with Gasteiger partial charge in [-0.1, -0.05) is 12.1 Å².